The van der Waals surface area contributed by atoms with Crippen molar-refractivity contribution in [2.75, 3.05) is 6.54 Å². The minimum Gasteiger partial charge on any atom is -0.357 e. The summed E-state index contributed by atoms with van der Waals surface area (Å²) in [4.78, 5) is 4.72. The predicted molar refractivity (Wildman–Crippen MR) is 116 cm³/mol. The number of nitrogens with one attached hydrogen (secondary N) is 2. The van der Waals surface area contributed by atoms with E-state index < -0.39 is 0 Å². The van der Waals surface area contributed by atoms with Gasteiger partial charge in [-0.05, 0) is 45.4 Å². The van der Waals surface area contributed by atoms with Crippen LogP contribution < -0.4 is 10.6 Å². The van der Waals surface area contributed by atoms with Crippen molar-refractivity contribution >= 4 is 41.5 Å². The molecule has 2 rings (SSSR count). The van der Waals surface area contributed by atoms with Crippen molar-refractivity contribution in [2.24, 2.45) is 12.0 Å². The van der Waals surface area contributed by atoms with Crippen molar-refractivity contribution < 1.29 is 0 Å². The van der Waals surface area contributed by atoms with E-state index in [1.165, 1.54) is 11.1 Å². The van der Waals surface area contributed by atoms with Crippen LogP contribution in [0.4, 0.5) is 0 Å². The first kappa shape index (κ1) is 21.8. The summed E-state index contributed by atoms with van der Waals surface area (Å²) in [6.07, 6.45) is 0. The van der Waals surface area contributed by atoms with E-state index in [-0.39, 0.29) is 30.0 Å². The fraction of sp³-hybridized carbons (Fsp3) is 0.444. The zero-order chi connectivity index (χ0) is 17.7. The maximum atomic E-state index is 5.96. The lowest BCUT2D eigenvalue weighted by molar-refractivity contribution is 0.686. The van der Waals surface area contributed by atoms with Crippen molar-refractivity contribution in [3.8, 4) is 0 Å². The maximum absolute atomic E-state index is 5.96. The summed E-state index contributed by atoms with van der Waals surface area (Å²) >= 11 is 5.96. The van der Waals surface area contributed by atoms with Gasteiger partial charge in [0.1, 0.15) is 0 Å². The van der Waals surface area contributed by atoms with Crippen LogP contribution in [0.3, 0.4) is 0 Å². The molecule has 0 spiro atoms. The number of aromatic nitrogens is 2. The summed E-state index contributed by atoms with van der Waals surface area (Å²) in [7, 11) is 1.96. The molecule has 1 unspecified atom stereocenters. The molecule has 7 heteroatoms. The van der Waals surface area contributed by atoms with Gasteiger partial charge in [0.25, 0.3) is 0 Å². The number of nitrogens with zero attached hydrogens (tertiary/aromatic N) is 3. The molecule has 1 aromatic heterocycles. The number of hydrogen-bond donors (Lipinski definition) is 2. The molecule has 2 aromatic rings. The van der Waals surface area contributed by atoms with Gasteiger partial charge in [0.05, 0.1) is 18.3 Å². The van der Waals surface area contributed by atoms with Gasteiger partial charge in [-0.3, -0.25) is 4.68 Å². The van der Waals surface area contributed by atoms with E-state index in [1.54, 1.807) is 0 Å². The fourth-order valence-electron chi connectivity index (χ4n) is 2.56. The Morgan fingerprint density at radius 1 is 1.28 bits per heavy atom. The molecule has 0 bridgehead atoms. The van der Waals surface area contributed by atoms with Crippen LogP contribution in [0.25, 0.3) is 0 Å². The van der Waals surface area contributed by atoms with Gasteiger partial charge in [-0.25, -0.2) is 4.99 Å². The van der Waals surface area contributed by atoms with E-state index in [0.29, 0.717) is 6.54 Å². The number of hydrogen-bond acceptors (Lipinski definition) is 2. The summed E-state index contributed by atoms with van der Waals surface area (Å²) in [6.45, 7) is 9.68. The van der Waals surface area contributed by atoms with Crippen LogP contribution in [0.5, 0.6) is 0 Å². The Bertz CT molecular complexity index is 709. The molecule has 0 amide bonds. The van der Waals surface area contributed by atoms with Gasteiger partial charge in [-0.15, -0.1) is 24.0 Å². The second-order valence-electron chi connectivity index (χ2n) is 5.89. The standard InChI is InChI=1S/C18H26ClN5.HI/c1-6-20-18(21-11-17-13(3)23-24(5)14(17)4)22-12(2)15-7-9-16(19)10-8-15;/h7-10,12H,6,11H2,1-5H3,(H2,20,21,22);1H. The zero-order valence-electron chi connectivity index (χ0n) is 15.4. The highest BCUT2D eigenvalue weighted by atomic mass is 127. The largest absolute Gasteiger partial charge is 0.357 e. The Morgan fingerprint density at radius 3 is 2.44 bits per heavy atom. The van der Waals surface area contributed by atoms with Gasteiger partial charge in [0.15, 0.2) is 5.96 Å². The van der Waals surface area contributed by atoms with Gasteiger partial charge in [0.2, 0.25) is 0 Å². The minimum atomic E-state index is 0. The molecule has 1 heterocycles. The summed E-state index contributed by atoms with van der Waals surface area (Å²) in [5.41, 5.74) is 4.52. The summed E-state index contributed by atoms with van der Waals surface area (Å²) in [6, 6.07) is 8.00. The number of guanidine groups is 1. The topological polar surface area (TPSA) is 54.2 Å². The van der Waals surface area contributed by atoms with Crippen LogP contribution in [0.2, 0.25) is 5.02 Å². The molecule has 0 aliphatic carbocycles. The lowest BCUT2D eigenvalue weighted by atomic mass is 10.1. The average Bonchev–Trinajstić information content (AvgIpc) is 2.78. The molecule has 0 fully saturated rings. The van der Waals surface area contributed by atoms with E-state index in [9.17, 15) is 0 Å². The molecule has 1 atom stereocenters. The van der Waals surface area contributed by atoms with Crippen LogP contribution >= 0.6 is 35.6 Å². The van der Waals surface area contributed by atoms with E-state index in [4.69, 9.17) is 16.6 Å². The first-order valence-electron chi connectivity index (χ1n) is 8.21. The minimum absolute atomic E-state index is 0. The molecule has 25 heavy (non-hydrogen) atoms. The Hall–Kier alpha value is -1.28. The van der Waals surface area contributed by atoms with Crippen molar-refractivity contribution in [3.63, 3.8) is 0 Å². The molecule has 2 N–H and O–H groups in total. The second-order valence-corrected chi connectivity index (χ2v) is 6.32. The van der Waals surface area contributed by atoms with Crippen LogP contribution in [-0.2, 0) is 13.6 Å². The van der Waals surface area contributed by atoms with Crippen molar-refractivity contribution in [1.82, 2.24) is 20.4 Å². The predicted octanol–water partition coefficient (Wildman–Crippen LogP) is 4.12. The average molecular weight is 476 g/mol. The number of benzene rings is 1. The zero-order valence-corrected chi connectivity index (χ0v) is 18.5. The second kappa shape index (κ2) is 10.0. The van der Waals surface area contributed by atoms with E-state index in [1.807, 2.05) is 42.9 Å². The first-order chi connectivity index (χ1) is 11.4. The fourth-order valence-corrected chi connectivity index (χ4v) is 2.69. The third-order valence-corrected chi connectivity index (χ3v) is 4.37. The normalized spacial score (nSPS) is 12.5. The molecule has 0 radical (unpaired) electrons. The first-order valence-corrected chi connectivity index (χ1v) is 8.59. The summed E-state index contributed by atoms with van der Waals surface area (Å²) < 4.78 is 1.90. The van der Waals surface area contributed by atoms with Crippen LogP contribution in [-0.4, -0.2) is 22.3 Å². The molecule has 1 aromatic carbocycles. The van der Waals surface area contributed by atoms with Crippen molar-refractivity contribution in [1.29, 1.82) is 0 Å². The van der Waals surface area contributed by atoms with Gasteiger partial charge in [-0.2, -0.15) is 5.10 Å². The van der Waals surface area contributed by atoms with Gasteiger partial charge in [-0.1, -0.05) is 23.7 Å². The summed E-state index contributed by atoms with van der Waals surface area (Å²) in [5.74, 6) is 0.794. The highest BCUT2D eigenvalue weighted by Gasteiger charge is 2.11. The molecule has 5 nitrogen and oxygen atoms in total. The Balaban J connectivity index is 0.00000312. The van der Waals surface area contributed by atoms with Gasteiger partial charge in [0, 0.05) is 29.9 Å². The van der Waals surface area contributed by atoms with E-state index >= 15 is 0 Å². The SMILES string of the molecule is CCNC(=NCc1c(C)nn(C)c1C)NC(C)c1ccc(Cl)cc1.I. The van der Waals surface area contributed by atoms with Crippen molar-refractivity contribution in [2.45, 2.75) is 40.3 Å². The smallest absolute Gasteiger partial charge is 0.192 e. The Morgan fingerprint density at radius 2 is 1.92 bits per heavy atom. The van der Waals surface area contributed by atoms with Crippen LogP contribution in [0.15, 0.2) is 29.3 Å². The molecular weight excluding hydrogens is 449 g/mol. The summed E-state index contributed by atoms with van der Waals surface area (Å²) in [5, 5.41) is 11.9. The highest BCUT2D eigenvalue weighted by molar-refractivity contribution is 14.0. The van der Waals surface area contributed by atoms with E-state index in [0.717, 1.165) is 28.9 Å². The third kappa shape index (κ3) is 5.88. The number of aryl methyl sites for hydroxylation is 2. The molecule has 0 aliphatic rings. The third-order valence-electron chi connectivity index (χ3n) is 4.12. The Labute approximate surface area is 172 Å². The monoisotopic (exact) mass is 475 g/mol. The van der Waals surface area contributed by atoms with Gasteiger partial charge < -0.3 is 10.6 Å². The lowest BCUT2D eigenvalue weighted by Gasteiger charge is -2.18. The lowest BCUT2D eigenvalue weighted by Crippen LogP contribution is -2.38. The quantitative estimate of drug-likeness (QED) is 0.388. The van der Waals surface area contributed by atoms with E-state index in [2.05, 4.69) is 36.5 Å². The number of aliphatic imine (C=N–C) groups is 1. The molecule has 138 valence electrons. The molecular formula is C18H27ClIN5. The highest BCUT2D eigenvalue weighted by Crippen LogP contribution is 2.16. The number of rotatable bonds is 5. The van der Waals surface area contributed by atoms with Crippen LogP contribution in [0, 0.1) is 13.8 Å². The molecule has 0 saturated carbocycles. The Kier molecular flexibility index (Phi) is 8.71. The maximum Gasteiger partial charge on any atom is 0.192 e. The number of halogens is 2. The molecule has 0 saturated heterocycles. The molecule has 0 aliphatic heterocycles. The van der Waals surface area contributed by atoms with Crippen molar-refractivity contribution in [3.05, 3.63) is 51.8 Å². The van der Waals surface area contributed by atoms with Crippen LogP contribution in [0.1, 0.15) is 42.4 Å². The van der Waals surface area contributed by atoms with Gasteiger partial charge >= 0.3 is 0 Å².